The van der Waals surface area contributed by atoms with Crippen molar-refractivity contribution in [1.29, 1.82) is 0 Å². The number of ketones is 1. The van der Waals surface area contributed by atoms with Gasteiger partial charge >= 0.3 is 0 Å². The lowest BCUT2D eigenvalue weighted by atomic mass is 10.1. The van der Waals surface area contributed by atoms with E-state index in [-0.39, 0.29) is 0 Å². The van der Waals surface area contributed by atoms with Crippen LogP contribution in [0.25, 0.3) is 0 Å². The van der Waals surface area contributed by atoms with E-state index in [0.717, 1.165) is 10.3 Å². The number of pyridine rings is 1. The second-order valence-corrected chi connectivity index (χ2v) is 4.32. The molecular weight excluding hydrogens is 268 g/mol. The number of benzene rings is 1. The van der Waals surface area contributed by atoms with Crippen molar-refractivity contribution in [3.8, 4) is 0 Å². The molecule has 0 bridgehead atoms. The van der Waals surface area contributed by atoms with Gasteiger partial charge in [0.1, 0.15) is 0 Å². The Morgan fingerprint density at radius 2 is 1.67 bits per heavy atom. The molecule has 0 unspecified atom stereocenters. The summed E-state index contributed by atoms with van der Waals surface area (Å²) in [6, 6.07) is 10.3. The molecule has 0 spiro atoms. The molecule has 0 radical (unpaired) electrons. The van der Waals surface area contributed by atoms with E-state index in [1.54, 1.807) is 36.4 Å². The zero-order valence-electron chi connectivity index (χ0n) is 12.0. The first-order valence-corrected chi connectivity index (χ1v) is 6.81. The summed E-state index contributed by atoms with van der Waals surface area (Å²) in [5.74, 6) is -0.981. The smallest absolute Gasteiger partial charge is 0.299 e. The van der Waals surface area contributed by atoms with E-state index in [2.05, 4.69) is 0 Å². The third kappa shape index (κ3) is 2.76. The van der Waals surface area contributed by atoms with Gasteiger partial charge in [-0.05, 0) is 17.7 Å². The predicted molar refractivity (Wildman–Crippen MR) is 77.1 cm³/mol. The number of anilines is 1. The third-order valence-electron chi connectivity index (χ3n) is 3.10. The van der Waals surface area contributed by atoms with Crippen LogP contribution in [-0.2, 0) is 11.3 Å². The fourth-order valence-electron chi connectivity index (χ4n) is 2.14. The summed E-state index contributed by atoms with van der Waals surface area (Å²) >= 11 is 0. The number of para-hydroxylation sites is 1. The Kier molecular flexibility index (Phi) is 4.33. The number of nitrogens with zero attached hydrogens (tertiary/aromatic N) is 2. The molecule has 2 heterocycles. The van der Waals surface area contributed by atoms with Crippen LogP contribution in [0.15, 0.2) is 48.8 Å². The lowest BCUT2D eigenvalue weighted by Gasteiger charge is -2.15. The Bertz CT molecular complexity index is 665. The molecular formula is C16H17N2O3+. The molecule has 21 heavy (non-hydrogen) atoms. The molecule has 1 aromatic carbocycles. The first-order chi connectivity index (χ1) is 10.2. The molecule has 0 saturated heterocycles. The Labute approximate surface area is 123 Å². The van der Waals surface area contributed by atoms with Gasteiger partial charge in [-0.3, -0.25) is 14.8 Å². The summed E-state index contributed by atoms with van der Waals surface area (Å²) in [4.78, 5) is 25.2. The number of aromatic nitrogens is 1. The van der Waals surface area contributed by atoms with Crippen molar-refractivity contribution >= 4 is 17.4 Å². The van der Waals surface area contributed by atoms with Crippen LogP contribution in [0.3, 0.4) is 0 Å². The molecule has 1 amide bonds. The SMILES string of the molecule is CC.O=C1C(=O)N(Cc2cc[n+](O)cc2)c2ccccc21. The number of carbonyl (C=O) groups is 2. The molecule has 0 atom stereocenters. The van der Waals surface area contributed by atoms with Gasteiger partial charge in [0.2, 0.25) is 12.4 Å². The summed E-state index contributed by atoms with van der Waals surface area (Å²) in [6.07, 6.45) is 2.95. The second kappa shape index (κ2) is 6.17. The van der Waals surface area contributed by atoms with Gasteiger partial charge in [0.25, 0.3) is 11.7 Å². The molecule has 3 rings (SSSR count). The highest BCUT2D eigenvalue weighted by molar-refractivity contribution is 6.52. The number of Topliss-reactive ketones (excluding diaryl/α,β-unsaturated/α-hetero) is 1. The highest BCUT2D eigenvalue weighted by Crippen LogP contribution is 2.29. The van der Waals surface area contributed by atoms with E-state index in [0.29, 0.717) is 17.8 Å². The molecule has 5 heteroatoms. The normalized spacial score (nSPS) is 12.8. The minimum absolute atomic E-state index is 0.308. The molecule has 5 nitrogen and oxygen atoms in total. The quantitative estimate of drug-likeness (QED) is 0.521. The molecule has 1 N–H and O–H groups in total. The van der Waals surface area contributed by atoms with Gasteiger partial charge in [-0.2, -0.15) is 0 Å². The Morgan fingerprint density at radius 1 is 1.05 bits per heavy atom. The maximum Gasteiger partial charge on any atom is 0.299 e. The van der Waals surface area contributed by atoms with Crippen LogP contribution in [0, 0.1) is 0 Å². The van der Waals surface area contributed by atoms with Gasteiger partial charge in [-0.1, -0.05) is 26.0 Å². The van der Waals surface area contributed by atoms with Gasteiger partial charge in [0.15, 0.2) is 0 Å². The van der Waals surface area contributed by atoms with Crippen molar-refractivity contribution in [2.75, 3.05) is 4.90 Å². The fraction of sp³-hybridized carbons (Fsp3) is 0.188. The van der Waals surface area contributed by atoms with Crippen LogP contribution < -0.4 is 9.63 Å². The van der Waals surface area contributed by atoms with E-state index in [4.69, 9.17) is 5.21 Å². The van der Waals surface area contributed by atoms with Gasteiger partial charge in [-0.15, -0.1) is 0 Å². The maximum atomic E-state index is 12.0. The second-order valence-electron chi connectivity index (χ2n) is 4.32. The molecule has 1 aliphatic heterocycles. The van der Waals surface area contributed by atoms with Gasteiger partial charge < -0.3 is 4.90 Å². The Morgan fingerprint density at radius 3 is 2.33 bits per heavy atom. The summed E-state index contributed by atoms with van der Waals surface area (Å²) in [5, 5.41) is 9.15. The highest BCUT2D eigenvalue weighted by Gasteiger charge is 2.35. The average molecular weight is 285 g/mol. The lowest BCUT2D eigenvalue weighted by Crippen LogP contribution is -2.31. The average Bonchev–Trinajstić information content (AvgIpc) is 2.77. The van der Waals surface area contributed by atoms with Gasteiger partial charge in [-0.25, -0.2) is 0 Å². The van der Waals surface area contributed by atoms with Gasteiger partial charge in [0, 0.05) is 16.9 Å². The number of hydrogen-bond donors (Lipinski definition) is 1. The van der Waals surface area contributed by atoms with Crippen molar-refractivity contribution in [3.63, 3.8) is 0 Å². The van der Waals surface area contributed by atoms with Crippen molar-refractivity contribution < 1.29 is 19.5 Å². The molecule has 2 aromatic rings. The number of fused-ring (bicyclic) bond motifs is 1. The maximum absolute atomic E-state index is 12.0. The minimum Gasteiger partial charge on any atom is -0.300 e. The first kappa shape index (κ1) is 14.7. The molecule has 0 aliphatic carbocycles. The highest BCUT2D eigenvalue weighted by atomic mass is 16.5. The monoisotopic (exact) mass is 285 g/mol. The number of hydrogen-bond acceptors (Lipinski definition) is 3. The lowest BCUT2D eigenvalue weighted by molar-refractivity contribution is -0.904. The zero-order chi connectivity index (χ0) is 15.4. The van der Waals surface area contributed by atoms with Crippen molar-refractivity contribution in [2.45, 2.75) is 20.4 Å². The van der Waals surface area contributed by atoms with Crippen molar-refractivity contribution in [1.82, 2.24) is 0 Å². The van der Waals surface area contributed by atoms with Crippen molar-refractivity contribution in [2.24, 2.45) is 0 Å². The van der Waals surface area contributed by atoms with Crippen LogP contribution >= 0.6 is 0 Å². The standard InChI is InChI=1S/C14H11N2O3.C2H6/c17-13-11-3-1-2-4-12(11)16(14(13)18)9-10-5-7-15(19)8-6-10;1-2/h1-8,19H,9H2;1-2H3/q+1;. The molecule has 0 saturated carbocycles. The number of rotatable bonds is 2. The summed E-state index contributed by atoms with van der Waals surface area (Å²) in [5.41, 5.74) is 1.92. The van der Waals surface area contributed by atoms with Crippen LogP contribution in [0.4, 0.5) is 5.69 Å². The Hall–Kier alpha value is -2.69. The topological polar surface area (TPSA) is 61.5 Å². The Balaban J connectivity index is 0.000000774. The van der Waals surface area contributed by atoms with Crippen LogP contribution in [0.5, 0.6) is 0 Å². The number of carbonyl (C=O) groups excluding carboxylic acids is 2. The summed E-state index contributed by atoms with van der Waals surface area (Å²) < 4.78 is 0.925. The van der Waals surface area contributed by atoms with E-state index in [1.807, 2.05) is 13.8 Å². The minimum atomic E-state index is -0.512. The number of amides is 1. The first-order valence-electron chi connectivity index (χ1n) is 6.81. The molecule has 0 fully saturated rings. The van der Waals surface area contributed by atoms with E-state index in [1.165, 1.54) is 17.3 Å². The van der Waals surface area contributed by atoms with E-state index < -0.39 is 11.7 Å². The molecule has 1 aliphatic rings. The third-order valence-corrected chi connectivity index (χ3v) is 3.10. The summed E-state index contributed by atoms with van der Waals surface area (Å²) in [6.45, 7) is 4.31. The largest absolute Gasteiger partial charge is 0.300 e. The van der Waals surface area contributed by atoms with Crippen molar-refractivity contribution in [3.05, 3.63) is 59.9 Å². The predicted octanol–water partition coefficient (Wildman–Crippen LogP) is 1.97. The fourth-order valence-corrected chi connectivity index (χ4v) is 2.14. The van der Waals surface area contributed by atoms with Crippen LogP contribution in [-0.4, -0.2) is 16.9 Å². The zero-order valence-corrected chi connectivity index (χ0v) is 12.0. The van der Waals surface area contributed by atoms with Gasteiger partial charge in [0.05, 0.1) is 17.8 Å². The molecule has 1 aromatic heterocycles. The summed E-state index contributed by atoms with van der Waals surface area (Å²) in [7, 11) is 0. The molecule has 108 valence electrons. The van der Waals surface area contributed by atoms with E-state index in [9.17, 15) is 9.59 Å². The van der Waals surface area contributed by atoms with Crippen LogP contribution in [0.2, 0.25) is 0 Å². The van der Waals surface area contributed by atoms with E-state index >= 15 is 0 Å². The van der Waals surface area contributed by atoms with Crippen LogP contribution in [0.1, 0.15) is 29.8 Å².